The molecule has 0 atom stereocenters. The summed E-state index contributed by atoms with van der Waals surface area (Å²) in [4.78, 5) is 0. The van der Waals surface area contributed by atoms with Gasteiger partial charge < -0.3 is 0 Å². The van der Waals surface area contributed by atoms with E-state index in [4.69, 9.17) is 0 Å². The summed E-state index contributed by atoms with van der Waals surface area (Å²) in [6.45, 7) is 4.59. The fraction of sp³-hybridized carbons (Fsp3) is 1.00. The van der Waals surface area contributed by atoms with E-state index in [0.717, 1.165) is 0 Å². The molecule has 0 rings (SSSR count). The molecule has 0 bridgehead atoms. The molecule has 0 aromatic rings. The predicted octanol–water partition coefficient (Wildman–Crippen LogP) is 1.45. The molecule has 0 aromatic heterocycles. The van der Waals surface area contributed by atoms with Crippen LogP contribution in [-0.4, -0.2) is 23.9 Å². The second kappa shape index (κ2) is 15.6. The Morgan fingerprint density at radius 3 is 1.43 bits per heavy atom. The van der Waals surface area contributed by atoms with Crippen molar-refractivity contribution in [1.29, 1.82) is 0 Å². The van der Waals surface area contributed by atoms with Crippen LogP contribution in [0.2, 0.25) is 10.0 Å². The Balaban J connectivity index is -0.0000000800. The van der Waals surface area contributed by atoms with Crippen molar-refractivity contribution < 1.29 is 17.1 Å². The average molecular weight is 281 g/mol. The van der Waals surface area contributed by atoms with Crippen LogP contribution in [0.1, 0.15) is 13.8 Å². The maximum absolute atomic E-state index is 2.30. The van der Waals surface area contributed by atoms with Crippen molar-refractivity contribution in [3.63, 3.8) is 0 Å². The fourth-order valence-corrected chi connectivity index (χ4v) is 1.84. The molecular weight excluding hydrogens is 268 g/mol. The van der Waals surface area contributed by atoms with Crippen LogP contribution >= 0.6 is 12.4 Å². The van der Waals surface area contributed by atoms with Crippen LogP contribution in [0, 0.1) is 0 Å². The topological polar surface area (TPSA) is 0 Å². The molecule has 0 aromatic carbocycles. The summed E-state index contributed by atoms with van der Waals surface area (Å²) < 4.78 is 0. The Morgan fingerprint density at radius 2 is 1.43 bits per heavy atom. The van der Waals surface area contributed by atoms with Crippen molar-refractivity contribution in [3.8, 4) is 0 Å². The van der Waals surface area contributed by atoms with Crippen molar-refractivity contribution in [1.82, 2.24) is 0 Å². The van der Waals surface area contributed by atoms with Crippen molar-refractivity contribution in [2.45, 2.75) is 23.9 Å². The third-order valence-corrected chi connectivity index (χ3v) is 3.67. The van der Waals surface area contributed by atoms with Gasteiger partial charge in [-0.3, -0.25) is 0 Å². The molecule has 0 aliphatic heterocycles. The van der Waals surface area contributed by atoms with Crippen molar-refractivity contribution in [3.05, 3.63) is 0 Å². The summed E-state index contributed by atoms with van der Waals surface area (Å²) in [6, 6.07) is 0. The molecule has 0 nitrogen and oxygen atoms in total. The molecule has 2 radical (unpaired) electrons. The second-order valence-corrected chi connectivity index (χ2v) is 7.03. The minimum absolute atomic E-state index is 0. The van der Waals surface area contributed by atoms with Gasteiger partial charge in [0.15, 0.2) is 0 Å². The number of rotatable bonds is 2. The van der Waals surface area contributed by atoms with Gasteiger partial charge in [0.2, 0.25) is 0 Å². The van der Waals surface area contributed by atoms with Crippen molar-refractivity contribution >= 4 is 36.3 Å². The van der Waals surface area contributed by atoms with Gasteiger partial charge in [0.05, 0.1) is 0 Å². The Bertz CT molecular complexity index is 19.2. The Labute approximate surface area is 76.8 Å². The first-order chi connectivity index (χ1) is 2.41. The monoisotopic (exact) mass is 280 g/mol. The summed E-state index contributed by atoms with van der Waals surface area (Å²) in [5.41, 5.74) is 0. The first-order valence-electron chi connectivity index (χ1n) is 2.41. The van der Waals surface area contributed by atoms with Crippen LogP contribution in [-0.2, 0) is 17.1 Å². The van der Waals surface area contributed by atoms with Gasteiger partial charge in [-0.15, -0.1) is 12.4 Å². The Morgan fingerprint density at radius 1 is 1.14 bits per heavy atom. The zero-order valence-electron chi connectivity index (χ0n) is 5.24. The molecule has 0 saturated carbocycles. The average Bonchev–Trinajstić information content (AvgIpc) is 1.41. The van der Waals surface area contributed by atoms with Gasteiger partial charge in [0.25, 0.3) is 0 Å². The summed E-state index contributed by atoms with van der Waals surface area (Å²) in [7, 11) is 0. The Kier molecular flexibility index (Phi) is 35.5. The zero-order chi connectivity index (χ0) is 4.12. The van der Waals surface area contributed by atoms with Crippen LogP contribution in [0.4, 0.5) is 0 Å². The van der Waals surface area contributed by atoms with Gasteiger partial charge in [-0.2, -0.15) is 0 Å². The third-order valence-electron chi connectivity index (χ3n) is 0.707. The Hall–Kier alpha value is 1.71. The summed E-state index contributed by atoms with van der Waals surface area (Å²) in [5, 5.41) is 3.06. The van der Waals surface area contributed by atoms with E-state index in [1.807, 2.05) is 0 Å². The molecule has 0 heterocycles. The van der Waals surface area contributed by atoms with Crippen molar-refractivity contribution in [2.75, 3.05) is 0 Å². The quantitative estimate of drug-likeness (QED) is 0.672. The minimum atomic E-state index is 0. The maximum atomic E-state index is 2.30. The SMILES string of the molecule is C[CH2][Zn][CH2]C.Cl.[SnH2]. The third kappa shape index (κ3) is 18.3. The molecule has 42 valence electrons. The van der Waals surface area contributed by atoms with Gasteiger partial charge in [-0.25, -0.2) is 0 Å². The van der Waals surface area contributed by atoms with Crippen LogP contribution in [0.5, 0.6) is 0 Å². The van der Waals surface area contributed by atoms with Crippen LogP contribution in [0.15, 0.2) is 0 Å². The molecule has 3 heteroatoms. The molecule has 0 unspecified atom stereocenters. The number of hydrogen-bond donors (Lipinski definition) is 0. The van der Waals surface area contributed by atoms with Gasteiger partial charge in [0.1, 0.15) is 0 Å². The predicted molar refractivity (Wildman–Crippen MR) is 36.8 cm³/mol. The van der Waals surface area contributed by atoms with E-state index in [-0.39, 0.29) is 53.4 Å². The standard InChI is InChI=1S/2C2H5.ClH.Sn.Zn.2H/c2*1-2;;;;;/h2*1H2,2H3;1H;;;;. The van der Waals surface area contributed by atoms with Crippen LogP contribution in [0.3, 0.4) is 0 Å². The van der Waals surface area contributed by atoms with E-state index in [1.54, 1.807) is 0 Å². The van der Waals surface area contributed by atoms with E-state index < -0.39 is 0 Å². The molecule has 0 saturated heterocycles. The van der Waals surface area contributed by atoms with Gasteiger partial charge >= 0.3 is 64.9 Å². The molecule has 0 aliphatic rings. The second-order valence-electron chi connectivity index (χ2n) is 1.35. The van der Waals surface area contributed by atoms with Gasteiger partial charge in [-0.05, 0) is 0 Å². The van der Waals surface area contributed by atoms with E-state index in [1.165, 1.54) is 10.0 Å². The van der Waals surface area contributed by atoms with Crippen molar-refractivity contribution in [2.24, 2.45) is 0 Å². The molecular formula is C4H13ClSnZn. The first-order valence-corrected chi connectivity index (χ1v) is 6.61. The van der Waals surface area contributed by atoms with E-state index >= 15 is 0 Å². The zero-order valence-corrected chi connectivity index (χ0v) is 13.1. The van der Waals surface area contributed by atoms with Gasteiger partial charge in [0, 0.05) is 0 Å². The summed E-state index contributed by atoms with van der Waals surface area (Å²) in [6.07, 6.45) is 0. The number of hydrogen-bond acceptors (Lipinski definition) is 0. The molecule has 0 spiro atoms. The first kappa shape index (κ1) is 15.9. The van der Waals surface area contributed by atoms with E-state index in [9.17, 15) is 0 Å². The molecule has 0 amide bonds. The van der Waals surface area contributed by atoms with Crippen LogP contribution < -0.4 is 0 Å². The molecule has 7 heavy (non-hydrogen) atoms. The van der Waals surface area contributed by atoms with E-state index in [0.29, 0.717) is 0 Å². The summed E-state index contributed by atoms with van der Waals surface area (Å²) >= 11 is 0.0972. The number of halogens is 1. The fourth-order valence-electron chi connectivity index (χ4n) is 0.354. The van der Waals surface area contributed by atoms with E-state index in [2.05, 4.69) is 13.8 Å². The molecule has 0 aliphatic carbocycles. The summed E-state index contributed by atoms with van der Waals surface area (Å²) in [5.74, 6) is 0. The molecule has 0 fully saturated rings. The normalized spacial score (nSPS) is 4.86. The van der Waals surface area contributed by atoms with Crippen LogP contribution in [0.25, 0.3) is 0 Å². The molecule has 0 N–H and O–H groups in total. The van der Waals surface area contributed by atoms with Gasteiger partial charge in [-0.1, -0.05) is 0 Å².